The molecule has 2 aromatic carbocycles. The number of hydrogen-bond donors (Lipinski definition) is 4. The summed E-state index contributed by atoms with van der Waals surface area (Å²) in [6.45, 7) is 12.2. The standard InChI is InChI=1S/C32H38BClN4O4/c1-18-14-23(30-24(15-18)29(39)19(2)31(42-30)38-12-10-32(4,5)11-13-38)20(3)36-26-8-9-27(34)37-28(26)21-6-7-25(33(40)41)22(16-21)17-35/h6-9,14-16,20,36,40-41H,10-13,17,35H2,1-5H3/t20-/m1/s1. The summed E-state index contributed by atoms with van der Waals surface area (Å²) in [7, 11) is -1.63. The van der Waals surface area contributed by atoms with Crippen molar-refractivity contribution in [2.45, 2.75) is 60.0 Å². The van der Waals surface area contributed by atoms with Crippen molar-refractivity contribution in [2.24, 2.45) is 11.1 Å². The fourth-order valence-corrected chi connectivity index (χ4v) is 5.91. The van der Waals surface area contributed by atoms with E-state index in [2.05, 4.69) is 29.0 Å². The van der Waals surface area contributed by atoms with Crippen LogP contribution in [0.1, 0.15) is 61.9 Å². The zero-order valence-corrected chi connectivity index (χ0v) is 25.5. The average molecular weight is 589 g/mol. The van der Waals surface area contributed by atoms with E-state index in [0.717, 1.165) is 48.3 Å². The van der Waals surface area contributed by atoms with E-state index in [1.807, 2.05) is 39.0 Å². The first-order chi connectivity index (χ1) is 19.9. The zero-order chi connectivity index (χ0) is 30.3. The molecule has 4 aromatic rings. The highest BCUT2D eigenvalue weighted by atomic mass is 35.5. The number of nitrogens with one attached hydrogen (secondary N) is 1. The lowest BCUT2D eigenvalue weighted by molar-refractivity contribution is 0.274. The SMILES string of the molecule is Cc1cc([C@@H](C)Nc2ccc(Cl)nc2-c2ccc(B(O)O)c(CN)c2)c2oc(N3CCC(C)(C)CC3)c(C)c(=O)c2c1. The predicted octanol–water partition coefficient (Wildman–Crippen LogP) is 5.06. The van der Waals surface area contributed by atoms with Crippen molar-refractivity contribution < 1.29 is 14.5 Å². The third kappa shape index (κ3) is 5.92. The maximum atomic E-state index is 13.6. The van der Waals surface area contributed by atoms with Gasteiger partial charge >= 0.3 is 7.12 Å². The van der Waals surface area contributed by atoms with Gasteiger partial charge in [0.05, 0.1) is 28.4 Å². The van der Waals surface area contributed by atoms with Gasteiger partial charge in [0.1, 0.15) is 10.7 Å². The number of nitrogens with two attached hydrogens (primary N) is 1. The number of rotatable bonds is 7. The summed E-state index contributed by atoms with van der Waals surface area (Å²) in [5.41, 5.74) is 12.2. The van der Waals surface area contributed by atoms with Crippen LogP contribution in [0.25, 0.3) is 22.2 Å². The molecular formula is C32H38BClN4O4. The molecule has 3 heterocycles. The van der Waals surface area contributed by atoms with Gasteiger partial charge in [-0.1, -0.05) is 43.6 Å². The molecule has 5 rings (SSSR count). The third-order valence-electron chi connectivity index (χ3n) is 8.39. The molecule has 0 aliphatic carbocycles. The molecule has 1 atom stereocenters. The maximum absolute atomic E-state index is 13.6. The molecule has 5 N–H and O–H groups in total. The average Bonchev–Trinajstić information content (AvgIpc) is 2.95. The number of pyridine rings is 1. The molecule has 0 bridgehead atoms. The number of anilines is 2. The van der Waals surface area contributed by atoms with Gasteiger partial charge in [-0.15, -0.1) is 0 Å². The van der Waals surface area contributed by atoms with Crippen LogP contribution >= 0.6 is 11.6 Å². The molecule has 42 heavy (non-hydrogen) atoms. The highest BCUT2D eigenvalue weighted by Gasteiger charge is 2.29. The maximum Gasteiger partial charge on any atom is 0.488 e. The highest BCUT2D eigenvalue weighted by Crippen LogP contribution is 2.37. The van der Waals surface area contributed by atoms with E-state index in [-0.39, 0.29) is 23.4 Å². The number of hydrogen-bond acceptors (Lipinski definition) is 8. The van der Waals surface area contributed by atoms with Gasteiger partial charge in [0.25, 0.3) is 0 Å². The molecule has 1 aliphatic heterocycles. The summed E-state index contributed by atoms with van der Waals surface area (Å²) >= 11 is 6.32. The largest absolute Gasteiger partial charge is 0.488 e. The van der Waals surface area contributed by atoms with Crippen molar-refractivity contribution in [2.75, 3.05) is 23.3 Å². The Labute approximate surface area is 251 Å². The van der Waals surface area contributed by atoms with E-state index < -0.39 is 7.12 Å². The van der Waals surface area contributed by atoms with E-state index in [1.165, 1.54) is 0 Å². The zero-order valence-electron chi connectivity index (χ0n) is 24.8. The second-order valence-corrected chi connectivity index (χ2v) is 12.5. The molecule has 1 fully saturated rings. The Balaban J connectivity index is 1.57. The number of aryl methyl sites for hydroxylation is 1. The Hall–Kier alpha value is -3.37. The van der Waals surface area contributed by atoms with Gasteiger partial charge < -0.3 is 30.4 Å². The van der Waals surface area contributed by atoms with Gasteiger partial charge in [-0.05, 0) is 79.9 Å². The lowest BCUT2D eigenvalue weighted by Crippen LogP contribution is -2.38. The third-order valence-corrected chi connectivity index (χ3v) is 8.60. The minimum absolute atomic E-state index is 0.0115. The predicted molar refractivity (Wildman–Crippen MR) is 172 cm³/mol. The van der Waals surface area contributed by atoms with E-state index in [4.69, 9.17) is 21.8 Å². The van der Waals surface area contributed by atoms with Gasteiger partial charge in [0.15, 0.2) is 5.43 Å². The summed E-state index contributed by atoms with van der Waals surface area (Å²) in [5.74, 6) is 0.648. The molecule has 2 aromatic heterocycles. The van der Waals surface area contributed by atoms with Crippen LogP contribution in [0.3, 0.4) is 0 Å². The molecular weight excluding hydrogens is 551 g/mol. The number of nitrogens with zero attached hydrogens (tertiary/aromatic N) is 2. The Morgan fingerprint density at radius 2 is 1.86 bits per heavy atom. The van der Waals surface area contributed by atoms with Gasteiger partial charge in [0.2, 0.25) is 5.88 Å². The van der Waals surface area contributed by atoms with Crippen LogP contribution in [0.4, 0.5) is 11.6 Å². The summed E-state index contributed by atoms with van der Waals surface area (Å²) < 4.78 is 6.61. The number of benzene rings is 2. The Kier molecular flexibility index (Phi) is 8.40. The van der Waals surface area contributed by atoms with Crippen LogP contribution < -0.4 is 26.8 Å². The quantitative estimate of drug-likeness (QED) is 0.174. The Morgan fingerprint density at radius 3 is 2.52 bits per heavy atom. The van der Waals surface area contributed by atoms with Crippen molar-refractivity contribution in [3.05, 3.63) is 80.1 Å². The summed E-state index contributed by atoms with van der Waals surface area (Å²) in [4.78, 5) is 20.4. The smallest absolute Gasteiger partial charge is 0.440 e. The minimum atomic E-state index is -1.63. The Morgan fingerprint density at radius 1 is 1.14 bits per heavy atom. The van der Waals surface area contributed by atoms with E-state index in [0.29, 0.717) is 44.3 Å². The van der Waals surface area contributed by atoms with E-state index in [1.54, 1.807) is 24.3 Å². The number of aromatic nitrogens is 1. The molecule has 10 heteroatoms. The molecule has 1 saturated heterocycles. The fourth-order valence-electron chi connectivity index (χ4n) is 5.76. The molecule has 220 valence electrons. The lowest BCUT2D eigenvalue weighted by atomic mass is 9.76. The number of halogens is 1. The van der Waals surface area contributed by atoms with E-state index >= 15 is 0 Å². The van der Waals surface area contributed by atoms with Crippen LogP contribution in [0.15, 0.2) is 51.7 Å². The minimum Gasteiger partial charge on any atom is -0.440 e. The molecule has 1 aliphatic rings. The van der Waals surface area contributed by atoms with Crippen LogP contribution in [0.2, 0.25) is 5.15 Å². The van der Waals surface area contributed by atoms with Gasteiger partial charge in [-0.2, -0.15) is 0 Å². The fraction of sp³-hybridized carbons (Fsp3) is 0.375. The highest BCUT2D eigenvalue weighted by molar-refractivity contribution is 6.59. The first-order valence-electron chi connectivity index (χ1n) is 14.3. The Bertz CT molecular complexity index is 1690. The van der Waals surface area contributed by atoms with Crippen LogP contribution in [-0.4, -0.2) is 35.2 Å². The second-order valence-electron chi connectivity index (χ2n) is 12.1. The van der Waals surface area contributed by atoms with Gasteiger partial charge in [0, 0.05) is 30.8 Å². The molecule has 0 spiro atoms. The first kappa shape index (κ1) is 30.1. The van der Waals surface area contributed by atoms with Gasteiger partial charge in [-0.3, -0.25) is 4.79 Å². The molecule has 0 unspecified atom stereocenters. The molecule has 8 nitrogen and oxygen atoms in total. The van der Waals surface area contributed by atoms with Crippen molar-refractivity contribution in [3.63, 3.8) is 0 Å². The summed E-state index contributed by atoms with van der Waals surface area (Å²) in [6, 6.07) is 12.4. The van der Waals surface area contributed by atoms with Gasteiger partial charge in [-0.25, -0.2) is 4.98 Å². The van der Waals surface area contributed by atoms with Crippen LogP contribution in [0, 0.1) is 19.3 Å². The number of piperidine rings is 1. The van der Waals surface area contributed by atoms with Crippen LogP contribution in [0.5, 0.6) is 0 Å². The monoisotopic (exact) mass is 588 g/mol. The first-order valence-corrected chi connectivity index (χ1v) is 14.7. The normalized spacial score (nSPS) is 15.6. The van der Waals surface area contributed by atoms with E-state index in [9.17, 15) is 14.8 Å². The van der Waals surface area contributed by atoms with Crippen molar-refractivity contribution in [1.82, 2.24) is 4.98 Å². The topological polar surface area (TPSA) is 125 Å². The van der Waals surface area contributed by atoms with Crippen molar-refractivity contribution >= 4 is 46.7 Å². The number of fused-ring (bicyclic) bond motifs is 1. The molecule has 0 amide bonds. The summed E-state index contributed by atoms with van der Waals surface area (Å²) in [5, 5.41) is 23.9. The second kappa shape index (κ2) is 11.7. The van der Waals surface area contributed by atoms with Crippen LogP contribution in [-0.2, 0) is 6.54 Å². The summed E-state index contributed by atoms with van der Waals surface area (Å²) in [6.07, 6.45) is 2.06. The van der Waals surface area contributed by atoms with Crippen molar-refractivity contribution in [3.8, 4) is 11.3 Å². The lowest BCUT2D eigenvalue weighted by Gasteiger charge is -2.37. The van der Waals surface area contributed by atoms with Crippen molar-refractivity contribution in [1.29, 1.82) is 0 Å². The molecule has 0 saturated carbocycles. The molecule has 0 radical (unpaired) electrons.